The Morgan fingerprint density at radius 2 is 1.89 bits per heavy atom. The molecule has 0 radical (unpaired) electrons. The van der Waals surface area contributed by atoms with E-state index >= 15 is 0 Å². The van der Waals surface area contributed by atoms with E-state index in [-0.39, 0.29) is 6.42 Å². The van der Waals surface area contributed by atoms with Crippen LogP contribution in [0.25, 0.3) is 6.08 Å². The number of carboxylic acid groups (broad SMARTS) is 1. The number of carbonyl (C=O) groups excluding carboxylic acids is 2. The number of carboxylic acids is 1. The standard InChI is InChI=1S/C13H11NO5/c15-10-7-11(16)14(13(10)19)9-4-1-8(2-5-9)3-6-12(17)18/h1-6,10,15H,7H2,(H,17,18). The zero-order valence-electron chi connectivity index (χ0n) is 9.81. The number of hydrogen-bond acceptors (Lipinski definition) is 4. The first-order chi connectivity index (χ1) is 8.99. The van der Waals surface area contributed by atoms with Crippen LogP contribution >= 0.6 is 0 Å². The predicted molar refractivity (Wildman–Crippen MR) is 66.2 cm³/mol. The number of anilines is 1. The number of rotatable bonds is 3. The molecule has 19 heavy (non-hydrogen) atoms. The van der Waals surface area contributed by atoms with Crippen molar-refractivity contribution in [2.75, 3.05) is 4.90 Å². The predicted octanol–water partition coefficient (Wildman–Crippen LogP) is 0.409. The van der Waals surface area contributed by atoms with E-state index in [1.54, 1.807) is 12.1 Å². The van der Waals surface area contributed by atoms with Crippen molar-refractivity contribution in [1.82, 2.24) is 0 Å². The maximum absolute atomic E-state index is 11.6. The summed E-state index contributed by atoms with van der Waals surface area (Å²) in [6.45, 7) is 0. The summed E-state index contributed by atoms with van der Waals surface area (Å²) in [5.74, 6) is -2.15. The first kappa shape index (κ1) is 13.0. The molecule has 0 bridgehead atoms. The second kappa shape index (κ2) is 5.03. The Labute approximate surface area is 108 Å². The lowest BCUT2D eigenvalue weighted by Gasteiger charge is -2.13. The van der Waals surface area contributed by atoms with Crippen LogP contribution in [0.4, 0.5) is 5.69 Å². The number of nitrogens with zero attached hydrogens (tertiary/aromatic N) is 1. The van der Waals surface area contributed by atoms with Gasteiger partial charge in [0.25, 0.3) is 5.91 Å². The Hall–Kier alpha value is -2.47. The quantitative estimate of drug-likeness (QED) is 0.607. The van der Waals surface area contributed by atoms with Gasteiger partial charge in [-0.25, -0.2) is 9.69 Å². The van der Waals surface area contributed by atoms with Crippen molar-refractivity contribution in [3.05, 3.63) is 35.9 Å². The lowest BCUT2D eigenvalue weighted by molar-refractivity contribution is -0.131. The maximum Gasteiger partial charge on any atom is 0.328 e. The van der Waals surface area contributed by atoms with Gasteiger partial charge in [-0.2, -0.15) is 0 Å². The summed E-state index contributed by atoms with van der Waals surface area (Å²) in [6.07, 6.45) is 0.901. The van der Waals surface area contributed by atoms with E-state index in [1.165, 1.54) is 18.2 Å². The minimum absolute atomic E-state index is 0.209. The minimum Gasteiger partial charge on any atom is -0.478 e. The van der Waals surface area contributed by atoms with E-state index in [0.29, 0.717) is 11.3 Å². The summed E-state index contributed by atoms with van der Waals surface area (Å²) >= 11 is 0. The molecule has 6 heteroatoms. The monoisotopic (exact) mass is 261 g/mol. The molecule has 1 aromatic carbocycles. The van der Waals surface area contributed by atoms with Crippen LogP contribution in [0.3, 0.4) is 0 Å². The second-order valence-corrected chi connectivity index (χ2v) is 4.05. The normalized spacial score (nSPS) is 19.4. The average molecular weight is 261 g/mol. The molecule has 0 saturated carbocycles. The van der Waals surface area contributed by atoms with Crippen LogP contribution in [0.15, 0.2) is 30.3 Å². The van der Waals surface area contributed by atoms with Gasteiger partial charge in [-0.05, 0) is 23.8 Å². The SMILES string of the molecule is O=C(O)C=Cc1ccc(N2C(=O)CC(O)C2=O)cc1. The fourth-order valence-corrected chi connectivity index (χ4v) is 1.79. The van der Waals surface area contributed by atoms with Crippen molar-refractivity contribution in [3.63, 3.8) is 0 Å². The molecule has 0 aliphatic carbocycles. The van der Waals surface area contributed by atoms with E-state index in [2.05, 4.69) is 0 Å². The zero-order chi connectivity index (χ0) is 14.0. The van der Waals surface area contributed by atoms with Crippen molar-refractivity contribution in [2.45, 2.75) is 12.5 Å². The van der Waals surface area contributed by atoms with Crippen molar-refractivity contribution in [1.29, 1.82) is 0 Å². The molecule has 2 rings (SSSR count). The first-order valence-electron chi connectivity index (χ1n) is 5.55. The summed E-state index contributed by atoms with van der Waals surface area (Å²) in [6, 6.07) is 6.21. The number of aliphatic hydroxyl groups excluding tert-OH is 1. The van der Waals surface area contributed by atoms with Gasteiger partial charge in [0, 0.05) is 6.08 Å². The molecule has 1 aliphatic heterocycles. The molecule has 1 aromatic rings. The third kappa shape index (κ3) is 2.69. The fraction of sp³-hybridized carbons (Fsp3) is 0.154. The summed E-state index contributed by atoms with van der Waals surface area (Å²) in [5, 5.41) is 17.8. The van der Waals surface area contributed by atoms with Gasteiger partial charge < -0.3 is 10.2 Å². The lowest BCUT2D eigenvalue weighted by Crippen LogP contribution is -2.31. The van der Waals surface area contributed by atoms with Crippen LogP contribution in [0.1, 0.15) is 12.0 Å². The number of aliphatic carboxylic acids is 1. The number of imide groups is 1. The summed E-state index contributed by atoms with van der Waals surface area (Å²) in [7, 11) is 0. The Morgan fingerprint density at radius 3 is 2.37 bits per heavy atom. The highest BCUT2D eigenvalue weighted by atomic mass is 16.4. The molecule has 6 nitrogen and oxygen atoms in total. The van der Waals surface area contributed by atoms with Crippen LogP contribution in [0, 0.1) is 0 Å². The van der Waals surface area contributed by atoms with Crippen LogP contribution in [-0.4, -0.2) is 34.1 Å². The van der Waals surface area contributed by atoms with E-state index in [1.807, 2.05) is 0 Å². The number of carbonyl (C=O) groups is 3. The summed E-state index contributed by atoms with van der Waals surface area (Å²) in [5.41, 5.74) is 0.991. The molecular formula is C13H11NO5. The molecular weight excluding hydrogens is 250 g/mol. The summed E-state index contributed by atoms with van der Waals surface area (Å²) < 4.78 is 0. The fourth-order valence-electron chi connectivity index (χ4n) is 1.79. The molecule has 0 aromatic heterocycles. The molecule has 1 atom stereocenters. The Morgan fingerprint density at radius 1 is 1.26 bits per heavy atom. The number of hydrogen-bond donors (Lipinski definition) is 2. The number of aliphatic hydroxyl groups is 1. The van der Waals surface area contributed by atoms with Gasteiger partial charge in [0.2, 0.25) is 5.91 Å². The van der Waals surface area contributed by atoms with Gasteiger partial charge >= 0.3 is 5.97 Å². The van der Waals surface area contributed by atoms with E-state index in [9.17, 15) is 19.5 Å². The molecule has 1 unspecified atom stereocenters. The molecule has 98 valence electrons. The highest BCUT2D eigenvalue weighted by molar-refractivity contribution is 6.21. The van der Waals surface area contributed by atoms with Crippen molar-refractivity contribution < 1.29 is 24.6 Å². The maximum atomic E-state index is 11.6. The molecule has 0 spiro atoms. The van der Waals surface area contributed by atoms with Gasteiger partial charge in [-0.1, -0.05) is 12.1 Å². The van der Waals surface area contributed by atoms with Crippen molar-refractivity contribution in [3.8, 4) is 0 Å². The molecule has 2 amide bonds. The second-order valence-electron chi connectivity index (χ2n) is 4.05. The average Bonchev–Trinajstić information content (AvgIpc) is 2.62. The highest BCUT2D eigenvalue weighted by Crippen LogP contribution is 2.23. The van der Waals surface area contributed by atoms with Gasteiger partial charge in [0.05, 0.1) is 12.1 Å². The van der Waals surface area contributed by atoms with Gasteiger partial charge in [0.1, 0.15) is 6.10 Å². The van der Waals surface area contributed by atoms with E-state index < -0.39 is 23.9 Å². The van der Waals surface area contributed by atoms with Crippen LogP contribution in [0.5, 0.6) is 0 Å². The third-order valence-electron chi connectivity index (χ3n) is 2.69. The van der Waals surface area contributed by atoms with Gasteiger partial charge in [-0.3, -0.25) is 9.59 Å². The molecule has 1 saturated heterocycles. The Bertz CT molecular complexity index is 561. The molecule has 1 heterocycles. The van der Waals surface area contributed by atoms with E-state index in [0.717, 1.165) is 11.0 Å². The smallest absolute Gasteiger partial charge is 0.328 e. The van der Waals surface area contributed by atoms with E-state index in [4.69, 9.17) is 5.11 Å². The third-order valence-corrected chi connectivity index (χ3v) is 2.69. The Balaban J connectivity index is 2.21. The van der Waals surface area contributed by atoms with Crippen LogP contribution < -0.4 is 4.90 Å². The number of benzene rings is 1. The molecule has 2 N–H and O–H groups in total. The van der Waals surface area contributed by atoms with Crippen molar-refractivity contribution >= 4 is 29.5 Å². The van der Waals surface area contributed by atoms with Crippen LogP contribution in [0.2, 0.25) is 0 Å². The molecule has 1 aliphatic rings. The summed E-state index contributed by atoms with van der Waals surface area (Å²) in [4.78, 5) is 34.4. The number of amides is 2. The van der Waals surface area contributed by atoms with Crippen molar-refractivity contribution in [2.24, 2.45) is 0 Å². The Kier molecular flexibility index (Phi) is 3.43. The minimum atomic E-state index is -1.28. The van der Waals surface area contributed by atoms with Gasteiger partial charge in [-0.15, -0.1) is 0 Å². The van der Waals surface area contributed by atoms with Gasteiger partial charge in [0.15, 0.2) is 0 Å². The zero-order valence-corrected chi connectivity index (χ0v) is 9.81. The largest absolute Gasteiger partial charge is 0.478 e. The first-order valence-corrected chi connectivity index (χ1v) is 5.55. The highest BCUT2D eigenvalue weighted by Gasteiger charge is 2.38. The lowest BCUT2D eigenvalue weighted by atomic mass is 10.2. The molecule has 1 fully saturated rings. The topological polar surface area (TPSA) is 94.9 Å². The van der Waals surface area contributed by atoms with Crippen LogP contribution in [-0.2, 0) is 14.4 Å².